The lowest BCUT2D eigenvalue weighted by Gasteiger charge is -2.37. The molecule has 1 aromatic carbocycles. The minimum absolute atomic E-state index is 0.0335. The van der Waals surface area contributed by atoms with E-state index in [0.29, 0.717) is 57.4 Å². The van der Waals surface area contributed by atoms with Gasteiger partial charge in [-0.25, -0.2) is 0 Å². The smallest absolute Gasteiger partial charge is 0.224 e. The summed E-state index contributed by atoms with van der Waals surface area (Å²) in [5.74, 6) is 1.48. The molecule has 1 aromatic heterocycles. The minimum atomic E-state index is 0.0335. The first-order valence-electron chi connectivity index (χ1n) is 12.1. The highest BCUT2D eigenvalue weighted by Gasteiger charge is 2.34. The third-order valence-corrected chi connectivity index (χ3v) is 6.52. The van der Waals surface area contributed by atoms with E-state index >= 15 is 0 Å². The molecular formula is C26H37N3O5. The first-order chi connectivity index (χ1) is 16.3. The topological polar surface area (TPSA) is 75.1 Å². The normalized spacial score (nSPS) is 19.0. The number of hydrogen-bond donors (Lipinski definition) is 0. The van der Waals surface area contributed by atoms with Crippen molar-refractivity contribution in [3.05, 3.63) is 41.2 Å². The van der Waals surface area contributed by atoms with E-state index in [9.17, 15) is 4.79 Å². The average Bonchev–Trinajstić information content (AvgIpc) is 3.43. The summed E-state index contributed by atoms with van der Waals surface area (Å²) in [6, 6.07) is 7.92. The minimum Gasteiger partial charge on any atom is -0.493 e. The fraction of sp³-hybridized carbons (Fsp3) is 0.615. The largest absolute Gasteiger partial charge is 0.493 e. The van der Waals surface area contributed by atoms with E-state index in [4.69, 9.17) is 18.9 Å². The van der Waals surface area contributed by atoms with Crippen molar-refractivity contribution in [1.29, 1.82) is 0 Å². The van der Waals surface area contributed by atoms with Gasteiger partial charge >= 0.3 is 0 Å². The van der Waals surface area contributed by atoms with Gasteiger partial charge in [0, 0.05) is 43.8 Å². The van der Waals surface area contributed by atoms with Crippen LogP contribution < -0.4 is 9.47 Å². The molecule has 0 unspecified atom stereocenters. The number of hydrogen-bond acceptors (Lipinski definition) is 6. The Balaban J connectivity index is 1.45. The molecule has 0 bridgehead atoms. The number of aromatic nitrogens is 2. The predicted molar refractivity (Wildman–Crippen MR) is 128 cm³/mol. The molecule has 2 aromatic rings. The van der Waals surface area contributed by atoms with Crippen LogP contribution in [-0.2, 0) is 27.4 Å². The van der Waals surface area contributed by atoms with Crippen molar-refractivity contribution in [2.45, 2.75) is 59.2 Å². The van der Waals surface area contributed by atoms with Gasteiger partial charge in [-0.2, -0.15) is 5.10 Å². The highest BCUT2D eigenvalue weighted by Crippen LogP contribution is 2.33. The maximum atomic E-state index is 13.3. The third-order valence-electron chi connectivity index (χ3n) is 6.52. The number of aryl methyl sites for hydroxylation is 3. The summed E-state index contributed by atoms with van der Waals surface area (Å²) >= 11 is 0. The lowest BCUT2D eigenvalue weighted by atomic mass is 9.90. The fourth-order valence-corrected chi connectivity index (χ4v) is 4.49. The second-order valence-electron chi connectivity index (χ2n) is 9.89. The van der Waals surface area contributed by atoms with Gasteiger partial charge in [-0.1, -0.05) is 13.0 Å². The Morgan fingerprint density at radius 3 is 2.71 bits per heavy atom. The summed E-state index contributed by atoms with van der Waals surface area (Å²) in [7, 11) is 1.64. The van der Waals surface area contributed by atoms with Crippen LogP contribution in [0.25, 0.3) is 0 Å². The highest BCUT2D eigenvalue weighted by molar-refractivity contribution is 5.76. The monoisotopic (exact) mass is 471 g/mol. The number of amides is 1. The van der Waals surface area contributed by atoms with E-state index < -0.39 is 0 Å². The second kappa shape index (κ2) is 10.8. The van der Waals surface area contributed by atoms with E-state index in [-0.39, 0.29) is 17.4 Å². The lowest BCUT2D eigenvalue weighted by molar-refractivity contribution is -0.133. The molecule has 0 N–H and O–H groups in total. The Bertz CT molecular complexity index is 979. The van der Waals surface area contributed by atoms with Crippen LogP contribution in [-0.4, -0.2) is 66.8 Å². The van der Waals surface area contributed by atoms with E-state index in [1.807, 2.05) is 47.7 Å². The van der Waals surface area contributed by atoms with Crippen molar-refractivity contribution < 1.29 is 23.7 Å². The highest BCUT2D eigenvalue weighted by atomic mass is 16.5. The number of carbonyl (C=O) groups excluding carboxylic acids is 1. The molecule has 0 radical (unpaired) electrons. The molecule has 186 valence electrons. The predicted octanol–water partition coefficient (Wildman–Crippen LogP) is 3.52. The average molecular weight is 472 g/mol. The SMILES string of the molecule is COc1ccc(CN(C[C@@H]2CCCO2)C(=O)CCn2nc(C)cc2C)cc1OCC1(C)COC1. The molecule has 2 aliphatic rings. The molecule has 3 heterocycles. The molecule has 1 atom stereocenters. The lowest BCUT2D eigenvalue weighted by Crippen LogP contribution is -2.44. The summed E-state index contributed by atoms with van der Waals surface area (Å²) in [5, 5.41) is 4.49. The summed E-state index contributed by atoms with van der Waals surface area (Å²) in [6.07, 6.45) is 2.51. The van der Waals surface area contributed by atoms with Crippen LogP contribution in [0.2, 0.25) is 0 Å². The van der Waals surface area contributed by atoms with Crippen molar-refractivity contribution in [2.24, 2.45) is 5.41 Å². The maximum Gasteiger partial charge on any atom is 0.224 e. The molecule has 0 spiro atoms. The zero-order chi connectivity index (χ0) is 24.1. The third kappa shape index (κ3) is 6.10. The number of benzene rings is 1. The summed E-state index contributed by atoms with van der Waals surface area (Å²) in [6.45, 7) is 10.5. The number of methoxy groups -OCH3 is 1. The van der Waals surface area contributed by atoms with E-state index in [1.165, 1.54) is 0 Å². The molecule has 2 fully saturated rings. The molecule has 8 heteroatoms. The van der Waals surface area contributed by atoms with Gasteiger partial charge in [-0.3, -0.25) is 9.48 Å². The first-order valence-corrected chi connectivity index (χ1v) is 12.1. The fourth-order valence-electron chi connectivity index (χ4n) is 4.49. The van der Waals surface area contributed by atoms with Gasteiger partial charge in [0.25, 0.3) is 0 Å². The number of nitrogens with zero attached hydrogens (tertiary/aromatic N) is 3. The van der Waals surface area contributed by atoms with Crippen LogP contribution in [0.5, 0.6) is 11.5 Å². The maximum absolute atomic E-state index is 13.3. The number of ether oxygens (including phenoxy) is 4. The van der Waals surface area contributed by atoms with Crippen LogP contribution >= 0.6 is 0 Å². The van der Waals surface area contributed by atoms with Gasteiger partial charge in [-0.05, 0) is 50.5 Å². The van der Waals surface area contributed by atoms with Gasteiger partial charge in [0.1, 0.15) is 0 Å². The van der Waals surface area contributed by atoms with Crippen molar-refractivity contribution >= 4 is 5.91 Å². The Labute approximate surface area is 202 Å². The van der Waals surface area contributed by atoms with Crippen molar-refractivity contribution in [2.75, 3.05) is 40.1 Å². The Morgan fingerprint density at radius 2 is 2.09 bits per heavy atom. The number of rotatable bonds is 11. The standard InChI is InChI=1S/C26H37N3O5/c1-19-12-20(2)29(27-19)10-9-25(30)28(15-22-6-5-11-33-22)14-21-7-8-23(31-4)24(13-21)34-18-26(3)16-32-17-26/h7-8,12-13,22H,5-6,9-11,14-18H2,1-4H3/t22-/m0/s1. The molecule has 2 saturated heterocycles. The van der Waals surface area contributed by atoms with Crippen LogP contribution in [0.1, 0.15) is 43.1 Å². The van der Waals surface area contributed by atoms with Crippen molar-refractivity contribution in [1.82, 2.24) is 14.7 Å². The van der Waals surface area contributed by atoms with E-state index in [1.54, 1.807) is 7.11 Å². The quantitative estimate of drug-likeness (QED) is 0.499. The molecule has 0 saturated carbocycles. The van der Waals surface area contributed by atoms with Crippen LogP contribution in [0.3, 0.4) is 0 Å². The molecular weight excluding hydrogens is 434 g/mol. The summed E-state index contributed by atoms with van der Waals surface area (Å²) < 4.78 is 24.7. The zero-order valence-electron chi connectivity index (χ0n) is 20.8. The van der Waals surface area contributed by atoms with Gasteiger partial charge in [0.15, 0.2) is 11.5 Å². The van der Waals surface area contributed by atoms with E-state index in [2.05, 4.69) is 12.0 Å². The molecule has 0 aliphatic carbocycles. The van der Waals surface area contributed by atoms with Crippen LogP contribution in [0.15, 0.2) is 24.3 Å². The number of carbonyl (C=O) groups is 1. The summed E-state index contributed by atoms with van der Waals surface area (Å²) in [4.78, 5) is 15.2. The van der Waals surface area contributed by atoms with Crippen LogP contribution in [0, 0.1) is 19.3 Å². The Hall–Kier alpha value is -2.58. The van der Waals surface area contributed by atoms with E-state index in [0.717, 1.165) is 36.4 Å². The van der Waals surface area contributed by atoms with Crippen molar-refractivity contribution in [3.63, 3.8) is 0 Å². The molecule has 1 amide bonds. The second-order valence-corrected chi connectivity index (χ2v) is 9.89. The first kappa shape index (κ1) is 24.5. The van der Waals surface area contributed by atoms with Crippen LogP contribution in [0.4, 0.5) is 0 Å². The Kier molecular flexibility index (Phi) is 7.78. The van der Waals surface area contributed by atoms with Gasteiger partial charge in [0.05, 0.1) is 38.7 Å². The van der Waals surface area contributed by atoms with Gasteiger partial charge in [-0.15, -0.1) is 0 Å². The Morgan fingerprint density at radius 1 is 1.26 bits per heavy atom. The molecule has 34 heavy (non-hydrogen) atoms. The van der Waals surface area contributed by atoms with Crippen molar-refractivity contribution in [3.8, 4) is 11.5 Å². The van der Waals surface area contributed by atoms with Gasteiger partial charge in [0.2, 0.25) is 5.91 Å². The molecule has 4 rings (SSSR count). The molecule has 2 aliphatic heterocycles. The van der Waals surface area contributed by atoms with Gasteiger partial charge < -0.3 is 23.8 Å². The summed E-state index contributed by atoms with van der Waals surface area (Å²) in [5.41, 5.74) is 3.07. The molecule has 8 nitrogen and oxygen atoms in total. The zero-order valence-corrected chi connectivity index (χ0v) is 20.8.